The van der Waals surface area contributed by atoms with Gasteiger partial charge in [-0.2, -0.15) is 0 Å². The summed E-state index contributed by atoms with van der Waals surface area (Å²) in [5.41, 5.74) is 4.89. The Labute approximate surface area is 155 Å². The van der Waals surface area contributed by atoms with E-state index in [1.54, 1.807) is 0 Å². The fourth-order valence-electron chi connectivity index (χ4n) is 3.63. The molecule has 0 radical (unpaired) electrons. The molecule has 0 aliphatic carbocycles. The maximum absolute atomic E-state index is 4.66. The Bertz CT molecular complexity index is 800. The van der Waals surface area contributed by atoms with E-state index in [0.717, 1.165) is 38.3 Å². The molecule has 1 atom stereocenters. The molecule has 2 heterocycles. The molecule has 1 aromatic heterocycles. The SMILES string of the molecule is c1ccc(C[C@H]2CN(Cc3ccc(-c4ccccc4)nc3)CCN2)cc1. The maximum Gasteiger partial charge on any atom is 0.0702 e. The summed E-state index contributed by atoms with van der Waals surface area (Å²) in [6.07, 6.45) is 3.11. The Hall–Kier alpha value is -2.49. The van der Waals surface area contributed by atoms with Crippen molar-refractivity contribution in [3.8, 4) is 11.3 Å². The molecule has 1 N–H and O–H groups in total. The minimum Gasteiger partial charge on any atom is -0.311 e. The third kappa shape index (κ3) is 4.37. The lowest BCUT2D eigenvalue weighted by Gasteiger charge is -2.33. The summed E-state index contributed by atoms with van der Waals surface area (Å²) in [4.78, 5) is 7.19. The highest BCUT2D eigenvalue weighted by Gasteiger charge is 2.19. The van der Waals surface area contributed by atoms with Crippen molar-refractivity contribution < 1.29 is 0 Å². The first-order valence-corrected chi connectivity index (χ1v) is 9.37. The van der Waals surface area contributed by atoms with Gasteiger partial charge in [0.25, 0.3) is 0 Å². The molecule has 0 spiro atoms. The van der Waals surface area contributed by atoms with Crippen molar-refractivity contribution in [3.05, 3.63) is 90.1 Å². The van der Waals surface area contributed by atoms with Crippen molar-refractivity contribution in [2.45, 2.75) is 19.0 Å². The fraction of sp³-hybridized carbons (Fsp3) is 0.261. The molecule has 1 fully saturated rings. The van der Waals surface area contributed by atoms with E-state index in [1.165, 1.54) is 16.7 Å². The Morgan fingerprint density at radius 3 is 2.38 bits per heavy atom. The van der Waals surface area contributed by atoms with Crippen LogP contribution in [0.1, 0.15) is 11.1 Å². The van der Waals surface area contributed by atoms with Crippen LogP contribution in [0.3, 0.4) is 0 Å². The molecular weight excluding hydrogens is 318 g/mol. The van der Waals surface area contributed by atoms with Gasteiger partial charge in [-0.1, -0.05) is 66.7 Å². The quantitative estimate of drug-likeness (QED) is 0.764. The zero-order valence-corrected chi connectivity index (χ0v) is 15.0. The molecule has 3 heteroatoms. The molecule has 0 bridgehead atoms. The highest BCUT2D eigenvalue weighted by atomic mass is 15.2. The van der Waals surface area contributed by atoms with Gasteiger partial charge in [0.1, 0.15) is 0 Å². The second-order valence-electron chi connectivity index (χ2n) is 6.99. The highest BCUT2D eigenvalue weighted by molar-refractivity contribution is 5.58. The van der Waals surface area contributed by atoms with Crippen LogP contribution in [-0.4, -0.2) is 35.6 Å². The summed E-state index contributed by atoms with van der Waals surface area (Å²) in [6, 6.07) is 26.0. The van der Waals surface area contributed by atoms with E-state index in [0.29, 0.717) is 6.04 Å². The van der Waals surface area contributed by atoms with Gasteiger partial charge in [-0.25, -0.2) is 0 Å². The van der Waals surface area contributed by atoms with Crippen LogP contribution >= 0.6 is 0 Å². The van der Waals surface area contributed by atoms with Gasteiger partial charge in [-0.3, -0.25) is 9.88 Å². The average molecular weight is 343 g/mol. The Kier molecular flexibility index (Phi) is 5.38. The molecular formula is C23H25N3. The van der Waals surface area contributed by atoms with Gasteiger partial charge in [0.05, 0.1) is 5.69 Å². The molecule has 0 saturated carbocycles. The molecule has 2 aromatic carbocycles. The van der Waals surface area contributed by atoms with E-state index in [9.17, 15) is 0 Å². The minimum absolute atomic E-state index is 0.516. The maximum atomic E-state index is 4.66. The normalized spacial score (nSPS) is 17.9. The van der Waals surface area contributed by atoms with Gasteiger partial charge >= 0.3 is 0 Å². The first-order chi connectivity index (χ1) is 12.9. The van der Waals surface area contributed by atoms with Crippen molar-refractivity contribution in [2.24, 2.45) is 0 Å². The van der Waals surface area contributed by atoms with E-state index >= 15 is 0 Å². The summed E-state index contributed by atoms with van der Waals surface area (Å²) in [5.74, 6) is 0. The van der Waals surface area contributed by atoms with E-state index < -0.39 is 0 Å². The summed E-state index contributed by atoms with van der Waals surface area (Å²) in [6.45, 7) is 4.18. The molecule has 0 unspecified atom stereocenters. The molecule has 1 saturated heterocycles. The lowest BCUT2D eigenvalue weighted by atomic mass is 10.0. The molecule has 132 valence electrons. The van der Waals surface area contributed by atoms with Crippen molar-refractivity contribution >= 4 is 0 Å². The lowest BCUT2D eigenvalue weighted by Crippen LogP contribution is -2.51. The van der Waals surface area contributed by atoms with Crippen molar-refractivity contribution in [2.75, 3.05) is 19.6 Å². The second-order valence-corrected chi connectivity index (χ2v) is 6.99. The molecule has 4 rings (SSSR count). The molecule has 1 aliphatic rings. The molecule has 26 heavy (non-hydrogen) atoms. The molecule has 3 aromatic rings. The van der Waals surface area contributed by atoms with Crippen LogP contribution in [0.15, 0.2) is 79.0 Å². The number of nitrogens with one attached hydrogen (secondary N) is 1. The number of benzene rings is 2. The topological polar surface area (TPSA) is 28.2 Å². The molecule has 1 aliphatic heterocycles. The van der Waals surface area contributed by atoms with Crippen LogP contribution in [0, 0.1) is 0 Å². The van der Waals surface area contributed by atoms with Gasteiger partial charge in [0.15, 0.2) is 0 Å². The summed E-state index contributed by atoms with van der Waals surface area (Å²) in [5, 5.41) is 3.66. The third-order valence-electron chi connectivity index (χ3n) is 4.97. The van der Waals surface area contributed by atoms with Crippen LogP contribution in [-0.2, 0) is 13.0 Å². The predicted octanol–water partition coefficient (Wildman–Crippen LogP) is 3.77. The standard InChI is InChI=1S/C23H25N3/c1-3-7-19(8-4-1)15-22-18-26(14-13-24-22)17-20-11-12-23(25-16-20)21-9-5-2-6-10-21/h1-12,16,22,24H,13-15,17-18H2/t22-/m0/s1. The zero-order chi connectivity index (χ0) is 17.6. The third-order valence-corrected chi connectivity index (χ3v) is 4.97. The van der Waals surface area contributed by atoms with Crippen LogP contribution in [0.2, 0.25) is 0 Å². The first-order valence-electron chi connectivity index (χ1n) is 9.37. The first kappa shape index (κ1) is 17.0. The van der Waals surface area contributed by atoms with Crippen LogP contribution < -0.4 is 5.32 Å². The van der Waals surface area contributed by atoms with Gasteiger partial charge in [-0.05, 0) is 23.6 Å². The van der Waals surface area contributed by atoms with Crippen LogP contribution in [0.4, 0.5) is 0 Å². The number of hydrogen-bond acceptors (Lipinski definition) is 3. The number of aromatic nitrogens is 1. The number of pyridine rings is 1. The zero-order valence-electron chi connectivity index (χ0n) is 15.0. The molecule has 0 amide bonds. The number of hydrogen-bond donors (Lipinski definition) is 1. The number of rotatable bonds is 5. The van der Waals surface area contributed by atoms with Crippen molar-refractivity contribution in [1.29, 1.82) is 0 Å². The minimum atomic E-state index is 0.516. The number of nitrogens with zero attached hydrogens (tertiary/aromatic N) is 2. The van der Waals surface area contributed by atoms with Gasteiger partial charge in [0.2, 0.25) is 0 Å². The van der Waals surface area contributed by atoms with Gasteiger partial charge in [0, 0.05) is 44.0 Å². The predicted molar refractivity (Wildman–Crippen MR) is 107 cm³/mol. The summed E-state index contributed by atoms with van der Waals surface area (Å²) >= 11 is 0. The van der Waals surface area contributed by atoms with Crippen LogP contribution in [0.5, 0.6) is 0 Å². The van der Waals surface area contributed by atoms with E-state index in [2.05, 4.69) is 81.9 Å². The van der Waals surface area contributed by atoms with Gasteiger partial charge < -0.3 is 5.32 Å². The largest absolute Gasteiger partial charge is 0.311 e. The van der Waals surface area contributed by atoms with E-state index in [4.69, 9.17) is 0 Å². The average Bonchev–Trinajstić information content (AvgIpc) is 2.70. The number of piperazine rings is 1. The van der Waals surface area contributed by atoms with Crippen molar-refractivity contribution in [1.82, 2.24) is 15.2 Å². The highest BCUT2D eigenvalue weighted by Crippen LogP contribution is 2.17. The smallest absolute Gasteiger partial charge is 0.0702 e. The van der Waals surface area contributed by atoms with E-state index in [-0.39, 0.29) is 0 Å². The van der Waals surface area contributed by atoms with Crippen LogP contribution in [0.25, 0.3) is 11.3 Å². The Morgan fingerprint density at radius 2 is 1.65 bits per heavy atom. The van der Waals surface area contributed by atoms with Gasteiger partial charge in [-0.15, -0.1) is 0 Å². The summed E-state index contributed by atoms with van der Waals surface area (Å²) in [7, 11) is 0. The second kappa shape index (κ2) is 8.26. The fourth-order valence-corrected chi connectivity index (χ4v) is 3.63. The van der Waals surface area contributed by atoms with Crippen molar-refractivity contribution in [3.63, 3.8) is 0 Å². The monoisotopic (exact) mass is 343 g/mol. The lowest BCUT2D eigenvalue weighted by molar-refractivity contribution is 0.191. The van der Waals surface area contributed by atoms with E-state index in [1.807, 2.05) is 12.3 Å². The summed E-state index contributed by atoms with van der Waals surface area (Å²) < 4.78 is 0. The Balaban J connectivity index is 1.36. The Morgan fingerprint density at radius 1 is 0.885 bits per heavy atom. The molecule has 3 nitrogen and oxygen atoms in total.